The van der Waals surface area contributed by atoms with E-state index in [1.54, 1.807) is 0 Å². The van der Waals surface area contributed by atoms with E-state index in [1.807, 2.05) is 44.2 Å². The first-order valence-corrected chi connectivity index (χ1v) is 7.19. The van der Waals surface area contributed by atoms with E-state index in [0.29, 0.717) is 5.92 Å². The number of rotatable bonds is 4. The lowest BCUT2D eigenvalue weighted by molar-refractivity contribution is 0.247. The zero-order valence-corrected chi connectivity index (χ0v) is 12.9. The highest BCUT2D eigenvalue weighted by molar-refractivity contribution is 5.89. The molecule has 2 N–H and O–H groups in total. The van der Waals surface area contributed by atoms with Crippen molar-refractivity contribution in [3.8, 4) is 0 Å². The van der Waals surface area contributed by atoms with Gasteiger partial charge < -0.3 is 15.1 Å². The van der Waals surface area contributed by atoms with Gasteiger partial charge in [-0.05, 0) is 49.6 Å². The first kappa shape index (κ1) is 15.2. The monoisotopic (exact) mass is 286 g/mol. The van der Waals surface area contributed by atoms with E-state index in [9.17, 15) is 4.79 Å². The van der Waals surface area contributed by atoms with E-state index in [2.05, 4.69) is 30.5 Å². The Hall–Kier alpha value is -2.23. The molecule has 0 fully saturated rings. The predicted molar refractivity (Wildman–Crippen MR) is 84.5 cm³/mol. The molecule has 1 atom stereocenters. The second kappa shape index (κ2) is 6.48. The van der Waals surface area contributed by atoms with Gasteiger partial charge in [-0.1, -0.05) is 26.0 Å². The van der Waals surface area contributed by atoms with Crippen LogP contribution in [0.3, 0.4) is 0 Å². The number of carbonyl (C=O) groups is 1. The molecule has 0 aliphatic heterocycles. The quantitative estimate of drug-likeness (QED) is 0.863. The van der Waals surface area contributed by atoms with Crippen LogP contribution in [0.5, 0.6) is 0 Å². The SMILES string of the molecule is Cc1ccc([C@H](C)NC(=O)Nc2cccc(C(C)C)c2)o1. The molecule has 0 spiro atoms. The first-order chi connectivity index (χ1) is 9.95. The molecule has 0 saturated heterocycles. The molecule has 0 radical (unpaired) electrons. The number of anilines is 1. The Morgan fingerprint density at radius 1 is 1.14 bits per heavy atom. The number of aryl methyl sites for hydroxylation is 1. The second-order valence-electron chi connectivity index (χ2n) is 5.55. The number of hydrogen-bond donors (Lipinski definition) is 2. The molecular weight excluding hydrogens is 264 g/mol. The zero-order chi connectivity index (χ0) is 15.4. The Labute approximate surface area is 125 Å². The van der Waals surface area contributed by atoms with Crippen LogP contribution in [0.4, 0.5) is 10.5 Å². The molecule has 21 heavy (non-hydrogen) atoms. The number of nitrogens with one attached hydrogen (secondary N) is 2. The van der Waals surface area contributed by atoms with Crippen LogP contribution in [-0.2, 0) is 0 Å². The lowest BCUT2D eigenvalue weighted by atomic mass is 10.0. The summed E-state index contributed by atoms with van der Waals surface area (Å²) in [4.78, 5) is 12.0. The smallest absolute Gasteiger partial charge is 0.319 e. The molecule has 112 valence electrons. The Bertz CT molecular complexity index is 617. The van der Waals surface area contributed by atoms with Crippen molar-refractivity contribution < 1.29 is 9.21 Å². The summed E-state index contributed by atoms with van der Waals surface area (Å²) in [5.41, 5.74) is 1.99. The molecular formula is C17H22N2O2. The van der Waals surface area contributed by atoms with E-state index < -0.39 is 0 Å². The molecule has 1 heterocycles. The van der Waals surface area contributed by atoms with Gasteiger partial charge in [0.2, 0.25) is 0 Å². The van der Waals surface area contributed by atoms with Crippen molar-refractivity contribution in [2.45, 2.75) is 39.7 Å². The van der Waals surface area contributed by atoms with Gasteiger partial charge in [-0.3, -0.25) is 0 Å². The van der Waals surface area contributed by atoms with Gasteiger partial charge in [0.15, 0.2) is 0 Å². The molecule has 0 saturated carbocycles. The molecule has 2 rings (SSSR count). The summed E-state index contributed by atoms with van der Waals surface area (Å²) in [5, 5.41) is 5.72. The molecule has 4 heteroatoms. The average molecular weight is 286 g/mol. The normalized spacial score (nSPS) is 12.2. The van der Waals surface area contributed by atoms with Crippen molar-refractivity contribution in [1.82, 2.24) is 5.32 Å². The van der Waals surface area contributed by atoms with Gasteiger partial charge in [-0.25, -0.2) is 4.79 Å². The Morgan fingerprint density at radius 2 is 1.90 bits per heavy atom. The predicted octanol–water partition coefficient (Wildman–Crippen LogP) is 4.59. The summed E-state index contributed by atoms with van der Waals surface area (Å²) in [5.74, 6) is 2.02. The average Bonchev–Trinajstić information content (AvgIpc) is 2.85. The van der Waals surface area contributed by atoms with E-state index in [4.69, 9.17) is 4.42 Å². The van der Waals surface area contributed by atoms with Gasteiger partial charge in [-0.2, -0.15) is 0 Å². The van der Waals surface area contributed by atoms with E-state index in [1.165, 1.54) is 5.56 Å². The second-order valence-corrected chi connectivity index (χ2v) is 5.55. The highest BCUT2D eigenvalue weighted by Gasteiger charge is 2.13. The van der Waals surface area contributed by atoms with Crippen LogP contribution < -0.4 is 10.6 Å². The summed E-state index contributed by atoms with van der Waals surface area (Å²) in [7, 11) is 0. The molecule has 2 amide bonds. The first-order valence-electron chi connectivity index (χ1n) is 7.19. The fourth-order valence-corrected chi connectivity index (χ4v) is 2.10. The third kappa shape index (κ3) is 4.12. The minimum absolute atomic E-state index is 0.174. The van der Waals surface area contributed by atoms with Crippen molar-refractivity contribution in [3.05, 3.63) is 53.5 Å². The van der Waals surface area contributed by atoms with Crippen LogP contribution in [0.25, 0.3) is 0 Å². The van der Waals surface area contributed by atoms with Gasteiger partial charge in [-0.15, -0.1) is 0 Å². The van der Waals surface area contributed by atoms with E-state index in [-0.39, 0.29) is 12.1 Å². The lowest BCUT2D eigenvalue weighted by Crippen LogP contribution is -2.31. The largest absolute Gasteiger partial charge is 0.464 e. The number of urea groups is 1. The topological polar surface area (TPSA) is 54.3 Å². The summed E-state index contributed by atoms with van der Waals surface area (Å²) < 4.78 is 5.50. The summed E-state index contributed by atoms with van der Waals surface area (Å²) >= 11 is 0. The van der Waals surface area contributed by atoms with Gasteiger partial charge in [0.25, 0.3) is 0 Å². The Kier molecular flexibility index (Phi) is 4.68. The third-order valence-electron chi connectivity index (χ3n) is 3.35. The van der Waals surface area contributed by atoms with E-state index >= 15 is 0 Å². The van der Waals surface area contributed by atoms with Gasteiger partial charge in [0, 0.05) is 5.69 Å². The van der Waals surface area contributed by atoms with Crippen LogP contribution in [0.15, 0.2) is 40.8 Å². The summed E-state index contributed by atoms with van der Waals surface area (Å²) in [6, 6.07) is 11.2. The number of benzene rings is 1. The lowest BCUT2D eigenvalue weighted by Gasteiger charge is -2.14. The highest BCUT2D eigenvalue weighted by Crippen LogP contribution is 2.19. The molecule has 1 aromatic carbocycles. The van der Waals surface area contributed by atoms with Crippen molar-refractivity contribution in [2.75, 3.05) is 5.32 Å². The number of furan rings is 1. The van der Waals surface area contributed by atoms with Gasteiger partial charge >= 0.3 is 6.03 Å². The van der Waals surface area contributed by atoms with Crippen LogP contribution in [0, 0.1) is 6.92 Å². The van der Waals surface area contributed by atoms with Crippen molar-refractivity contribution in [3.63, 3.8) is 0 Å². The molecule has 4 nitrogen and oxygen atoms in total. The van der Waals surface area contributed by atoms with Gasteiger partial charge in [0.1, 0.15) is 11.5 Å². The maximum atomic E-state index is 12.0. The van der Waals surface area contributed by atoms with Crippen LogP contribution in [-0.4, -0.2) is 6.03 Å². The zero-order valence-electron chi connectivity index (χ0n) is 12.9. The fraction of sp³-hybridized carbons (Fsp3) is 0.353. The minimum Gasteiger partial charge on any atom is -0.464 e. The van der Waals surface area contributed by atoms with Crippen molar-refractivity contribution in [2.24, 2.45) is 0 Å². The molecule has 0 aliphatic carbocycles. The molecule has 0 aliphatic rings. The molecule has 0 unspecified atom stereocenters. The fourth-order valence-electron chi connectivity index (χ4n) is 2.10. The number of carbonyl (C=O) groups excluding carboxylic acids is 1. The van der Waals surface area contributed by atoms with Crippen LogP contribution in [0.2, 0.25) is 0 Å². The maximum absolute atomic E-state index is 12.0. The number of hydrogen-bond acceptors (Lipinski definition) is 2. The Balaban J connectivity index is 1.97. The van der Waals surface area contributed by atoms with Crippen LogP contribution in [0.1, 0.15) is 49.8 Å². The van der Waals surface area contributed by atoms with Crippen molar-refractivity contribution in [1.29, 1.82) is 0 Å². The minimum atomic E-state index is -0.238. The van der Waals surface area contributed by atoms with Crippen molar-refractivity contribution >= 4 is 11.7 Å². The van der Waals surface area contributed by atoms with Crippen LogP contribution >= 0.6 is 0 Å². The van der Waals surface area contributed by atoms with E-state index in [0.717, 1.165) is 17.2 Å². The van der Waals surface area contributed by atoms with Gasteiger partial charge in [0.05, 0.1) is 6.04 Å². The summed E-state index contributed by atoms with van der Waals surface area (Å²) in [6.07, 6.45) is 0. The third-order valence-corrected chi connectivity index (χ3v) is 3.35. The molecule has 0 bridgehead atoms. The highest BCUT2D eigenvalue weighted by atomic mass is 16.3. The molecule has 2 aromatic rings. The number of amides is 2. The molecule has 1 aromatic heterocycles. The Morgan fingerprint density at radius 3 is 2.52 bits per heavy atom. The standard InChI is InChI=1S/C17H22N2O2/c1-11(2)14-6-5-7-15(10-14)19-17(20)18-13(4)16-9-8-12(3)21-16/h5-11,13H,1-4H3,(H2,18,19,20)/t13-/m0/s1. The maximum Gasteiger partial charge on any atom is 0.319 e. The summed E-state index contributed by atoms with van der Waals surface area (Å²) in [6.45, 7) is 8.02.